The Morgan fingerprint density at radius 1 is 0.842 bits per heavy atom. The smallest absolute Gasteiger partial charge is 0.264 e. The van der Waals surface area contributed by atoms with Gasteiger partial charge in [-0.2, -0.15) is 4.98 Å². The zero-order chi connectivity index (χ0) is 40.1. The van der Waals surface area contributed by atoms with E-state index in [1.165, 1.54) is 0 Å². The van der Waals surface area contributed by atoms with Crippen molar-refractivity contribution in [3.8, 4) is 0 Å². The molecular weight excluding hydrogens is 732 g/mol. The van der Waals surface area contributed by atoms with Gasteiger partial charge in [0, 0.05) is 55.4 Å². The van der Waals surface area contributed by atoms with Gasteiger partial charge in [-0.05, 0) is 55.3 Å². The van der Waals surface area contributed by atoms with Gasteiger partial charge in [-0.3, -0.25) is 34.2 Å². The second kappa shape index (κ2) is 19.6. The molecule has 298 valence electrons. The van der Waals surface area contributed by atoms with E-state index in [0.717, 1.165) is 27.7 Å². The second-order valence-electron chi connectivity index (χ2n) is 13.5. The van der Waals surface area contributed by atoms with Gasteiger partial charge >= 0.3 is 0 Å². The molecule has 1 fully saturated rings. The normalized spacial score (nSPS) is 15.0. The Kier molecular flexibility index (Phi) is 13.9. The number of imide groups is 2. The zero-order valence-electron chi connectivity index (χ0n) is 31.9. The Balaban J connectivity index is 0.829. The molecule has 0 radical (unpaired) electrons. The van der Waals surface area contributed by atoms with Crippen LogP contribution in [0.2, 0.25) is 0 Å². The van der Waals surface area contributed by atoms with Crippen molar-refractivity contribution in [2.45, 2.75) is 32.2 Å². The van der Waals surface area contributed by atoms with Crippen molar-refractivity contribution in [1.29, 1.82) is 0 Å². The molecule has 3 aromatic carbocycles. The SMILES string of the molecule is Cc1cc(N(C)CCOCCOCCOCCNc2cccc3c2C(=O)N(C2CCC(=O)NC2=O)C3=O)nc(Nc2ccc(NC(=O)Cc3ccccc3)cc2)n1. The first-order valence-corrected chi connectivity index (χ1v) is 18.8. The number of hydrogen-bond acceptors (Lipinski definition) is 13. The molecule has 5 amide bonds. The number of ether oxygens (including phenoxy) is 3. The van der Waals surface area contributed by atoms with Gasteiger partial charge in [-0.1, -0.05) is 36.4 Å². The molecule has 16 nitrogen and oxygen atoms in total. The van der Waals surface area contributed by atoms with Crippen molar-refractivity contribution >= 4 is 58.4 Å². The molecule has 2 aliphatic rings. The summed E-state index contributed by atoms with van der Waals surface area (Å²) < 4.78 is 17.0. The summed E-state index contributed by atoms with van der Waals surface area (Å²) in [6, 6.07) is 22.8. The number of carbonyl (C=O) groups is 5. The third-order valence-corrected chi connectivity index (χ3v) is 9.21. The summed E-state index contributed by atoms with van der Waals surface area (Å²) in [7, 11) is 1.93. The van der Waals surface area contributed by atoms with Crippen molar-refractivity contribution in [3.63, 3.8) is 0 Å². The third kappa shape index (κ3) is 11.0. The molecule has 1 atom stereocenters. The fourth-order valence-corrected chi connectivity index (χ4v) is 6.33. The monoisotopic (exact) mass is 778 g/mol. The lowest BCUT2D eigenvalue weighted by molar-refractivity contribution is -0.136. The molecule has 3 heterocycles. The van der Waals surface area contributed by atoms with Gasteiger partial charge in [-0.15, -0.1) is 0 Å². The van der Waals surface area contributed by atoms with Crippen LogP contribution in [0.5, 0.6) is 0 Å². The van der Waals surface area contributed by atoms with E-state index >= 15 is 0 Å². The molecular formula is C41H46N8O8. The van der Waals surface area contributed by atoms with Crippen LogP contribution in [0.4, 0.5) is 28.8 Å². The lowest BCUT2D eigenvalue weighted by atomic mass is 10.0. The molecule has 1 saturated heterocycles. The average molecular weight is 779 g/mol. The van der Waals surface area contributed by atoms with E-state index in [1.807, 2.05) is 79.5 Å². The Morgan fingerprint density at radius 3 is 2.28 bits per heavy atom. The summed E-state index contributed by atoms with van der Waals surface area (Å²) in [5.74, 6) is -1.07. The summed E-state index contributed by atoms with van der Waals surface area (Å²) in [5.41, 5.74) is 4.14. The molecule has 6 rings (SSSR count). The van der Waals surface area contributed by atoms with Gasteiger partial charge in [0.25, 0.3) is 11.8 Å². The number of hydrogen-bond donors (Lipinski definition) is 4. The maximum atomic E-state index is 13.2. The molecule has 0 aliphatic carbocycles. The van der Waals surface area contributed by atoms with E-state index in [2.05, 4.69) is 31.2 Å². The predicted octanol–water partition coefficient (Wildman–Crippen LogP) is 3.71. The highest BCUT2D eigenvalue weighted by Crippen LogP contribution is 2.32. The molecule has 2 aliphatic heterocycles. The number of aromatic nitrogens is 2. The second-order valence-corrected chi connectivity index (χ2v) is 13.5. The fourth-order valence-electron chi connectivity index (χ4n) is 6.33. The van der Waals surface area contributed by atoms with Crippen molar-refractivity contribution in [2.75, 3.05) is 80.6 Å². The first-order chi connectivity index (χ1) is 27.7. The largest absolute Gasteiger partial charge is 0.382 e. The lowest BCUT2D eigenvalue weighted by Gasteiger charge is -2.27. The van der Waals surface area contributed by atoms with Crippen molar-refractivity contribution in [3.05, 3.63) is 101 Å². The molecule has 0 spiro atoms. The van der Waals surface area contributed by atoms with Gasteiger partial charge < -0.3 is 35.1 Å². The van der Waals surface area contributed by atoms with Crippen LogP contribution >= 0.6 is 0 Å². The van der Waals surface area contributed by atoms with E-state index in [-0.39, 0.29) is 29.9 Å². The van der Waals surface area contributed by atoms with Crippen molar-refractivity contribution in [2.24, 2.45) is 0 Å². The van der Waals surface area contributed by atoms with Crippen LogP contribution in [0.25, 0.3) is 0 Å². The van der Waals surface area contributed by atoms with Crippen LogP contribution in [0, 0.1) is 6.92 Å². The number of piperidine rings is 1. The zero-order valence-corrected chi connectivity index (χ0v) is 31.9. The number of nitrogens with one attached hydrogen (secondary N) is 4. The summed E-state index contributed by atoms with van der Waals surface area (Å²) in [6.07, 6.45) is 0.464. The topological polar surface area (TPSA) is 193 Å². The molecule has 1 aromatic heterocycles. The molecule has 0 saturated carbocycles. The van der Waals surface area contributed by atoms with E-state index < -0.39 is 29.7 Å². The van der Waals surface area contributed by atoms with Gasteiger partial charge in [0.2, 0.25) is 23.7 Å². The van der Waals surface area contributed by atoms with Crippen LogP contribution < -0.4 is 26.2 Å². The van der Waals surface area contributed by atoms with Crippen LogP contribution in [0.3, 0.4) is 0 Å². The predicted molar refractivity (Wildman–Crippen MR) is 213 cm³/mol. The number of carbonyl (C=O) groups excluding carboxylic acids is 5. The van der Waals surface area contributed by atoms with Crippen molar-refractivity contribution in [1.82, 2.24) is 20.2 Å². The van der Waals surface area contributed by atoms with Gasteiger partial charge in [0.1, 0.15) is 11.9 Å². The number of rotatable bonds is 20. The minimum Gasteiger partial charge on any atom is -0.382 e. The van der Waals surface area contributed by atoms with E-state index in [0.29, 0.717) is 76.5 Å². The van der Waals surface area contributed by atoms with Crippen LogP contribution in [-0.2, 0) is 35.0 Å². The Labute approximate surface area is 330 Å². The van der Waals surface area contributed by atoms with Crippen molar-refractivity contribution < 1.29 is 38.2 Å². The number of anilines is 5. The maximum absolute atomic E-state index is 13.2. The van der Waals surface area contributed by atoms with Crippen LogP contribution in [0.1, 0.15) is 44.8 Å². The minimum absolute atomic E-state index is 0.0608. The van der Waals surface area contributed by atoms with E-state index in [1.54, 1.807) is 18.2 Å². The highest BCUT2D eigenvalue weighted by Gasteiger charge is 2.45. The van der Waals surface area contributed by atoms with Gasteiger partial charge in [0.05, 0.1) is 57.2 Å². The molecule has 1 unspecified atom stereocenters. The standard InChI is InChI=1S/C41H46N8O8/c1-27-25-34(46-41(43-27)45-30-13-11-29(12-14-30)44-36(51)26-28-7-4-3-5-8-28)48(2)18-20-56-22-24-57-23-21-55-19-17-42-32-10-6-9-31-37(32)40(54)49(39(31)53)33-15-16-35(50)47-38(33)52/h3-14,25,33,42H,15-24,26H2,1-2H3,(H,44,51)(H,43,45,46)(H,47,50,52). The first kappa shape index (κ1) is 40.4. The number of amides is 5. The van der Waals surface area contributed by atoms with E-state index in [9.17, 15) is 24.0 Å². The molecule has 57 heavy (non-hydrogen) atoms. The number of nitrogens with zero attached hydrogens (tertiary/aromatic N) is 4. The molecule has 4 N–H and O–H groups in total. The quantitative estimate of drug-likeness (QED) is 0.0751. The Hall–Kier alpha value is -6.23. The van der Waals surface area contributed by atoms with Crippen LogP contribution in [-0.4, -0.2) is 110 Å². The highest BCUT2D eigenvalue weighted by atomic mass is 16.5. The van der Waals surface area contributed by atoms with Gasteiger partial charge in [-0.25, -0.2) is 4.98 Å². The number of benzene rings is 3. The highest BCUT2D eigenvalue weighted by molar-refractivity contribution is 6.25. The Bertz CT molecular complexity index is 2060. The average Bonchev–Trinajstić information content (AvgIpc) is 3.45. The maximum Gasteiger partial charge on any atom is 0.264 e. The number of likely N-dealkylation sites (N-methyl/N-ethyl adjacent to an activating group) is 1. The summed E-state index contributed by atoms with van der Waals surface area (Å²) in [4.78, 5) is 74.7. The third-order valence-electron chi connectivity index (χ3n) is 9.21. The molecule has 16 heteroatoms. The summed E-state index contributed by atoms with van der Waals surface area (Å²) in [5, 5.41) is 11.5. The Morgan fingerprint density at radius 2 is 1.54 bits per heavy atom. The first-order valence-electron chi connectivity index (χ1n) is 18.8. The molecule has 4 aromatic rings. The minimum atomic E-state index is -1.02. The molecule has 0 bridgehead atoms. The van der Waals surface area contributed by atoms with E-state index in [4.69, 9.17) is 14.2 Å². The summed E-state index contributed by atoms with van der Waals surface area (Å²) in [6.45, 7) is 5.22. The number of aryl methyl sites for hydroxylation is 1. The fraction of sp³-hybridized carbons (Fsp3) is 0.341. The summed E-state index contributed by atoms with van der Waals surface area (Å²) >= 11 is 0. The van der Waals surface area contributed by atoms with Gasteiger partial charge in [0.15, 0.2) is 0 Å². The lowest BCUT2D eigenvalue weighted by Crippen LogP contribution is -2.54. The van der Waals surface area contributed by atoms with Crippen LogP contribution in [0.15, 0.2) is 78.9 Å². The number of fused-ring (bicyclic) bond motifs is 1.